The first-order valence-corrected chi connectivity index (χ1v) is 7.60. The van der Waals surface area contributed by atoms with E-state index in [2.05, 4.69) is 4.74 Å². The largest absolute Gasteiger partial charge is 0.469 e. The Labute approximate surface area is 123 Å². The molecule has 0 saturated carbocycles. The van der Waals surface area contributed by atoms with Crippen LogP contribution in [0.25, 0.3) is 0 Å². The molecule has 0 spiro atoms. The maximum Gasteiger partial charge on any atom is 0.306 e. The number of hydrogen-bond donors (Lipinski definition) is 1. The minimum atomic E-state index is -3.72. The highest BCUT2D eigenvalue weighted by Gasteiger charge is 2.23. The quantitative estimate of drug-likeness (QED) is 0.654. The Kier molecular flexibility index (Phi) is 5.38. The number of halogens is 1. The van der Waals surface area contributed by atoms with Crippen molar-refractivity contribution in [3.63, 3.8) is 0 Å². The Morgan fingerprint density at radius 3 is 2.55 bits per heavy atom. The van der Waals surface area contributed by atoms with E-state index in [1.54, 1.807) is 6.92 Å². The lowest BCUT2D eigenvalue weighted by Gasteiger charge is -2.17. The van der Waals surface area contributed by atoms with Crippen LogP contribution in [0, 0.1) is 6.92 Å². The number of esters is 1. The number of carbonyl (C=O) groups excluding carboxylic acids is 1. The van der Waals surface area contributed by atoms with Crippen molar-refractivity contribution in [1.82, 2.24) is 4.31 Å². The smallest absolute Gasteiger partial charge is 0.306 e. The van der Waals surface area contributed by atoms with Crippen molar-refractivity contribution in [2.75, 3.05) is 26.4 Å². The summed E-state index contributed by atoms with van der Waals surface area (Å²) in [5, 5.41) is 0.334. The third kappa shape index (κ3) is 3.62. The van der Waals surface area contributed by atoms with E-state index in [0.717, 1.165) is 4.31 Å². The first kappa shape index (κ1) is 16.7. The zero-order valence-corrected chi connectivity index (χ0v) is 13.1. The second kappa shape index (κ2) is 6.43. The molecule has 0 aromatic heterocycles. The van der Waals surface area contributed by atoms with Gasteiger partial charge in [-0.2, -0.15) is 0 Å². The summed E-state index contributed by atoms with van der Waals surface area (Å²) in [7, 11) is -1.08. The molecule has 1 aromatic carbocycles. The molecule has 1 rings (SSSR count). The minimum absolute atomic E-state index is 0.0196. The number of anilines is 1. The van der Waals surface area contributed by atoms with Gasteiger partial charge in [0.25, 0.3) is 0 Å². The van der Waals surface area contributed by atoms with Crippen LogP contribution in [0.3, 0.4) is 0 Å². The molecule has 0 aliphatic heterocycles. The van der Waals surface area contributed by atoms with Gasteiger partial charge in [-0.25, -0.2) is 12.7 Å². The average Bonchev–Trinajstić information content (AvgIpc) is 2.40. The fraction of sp³-hybridized carbons (Fsp3) is 0.417. The van der Waals surface area contributed by atoms with Gasteiger partial charge in [0.1, 0.15) is 0 Å². The fourth-order valence-corrected chi connectivity index (χ4v) is 2.96. The number of nitrogen functional groups attached to an aromatic ring is 1. The van der Waals surface area contributed by atoms with Gasteiger partial charge in [0.2, 0.25) is 10.0 Å². The van der Waals surface area contributed by atoms with Gasteiger partial charge in [0.05, 0.1) is 29.1 Å². The summed E-state index contributed by atoms with van der Waals surface area (Å²) in [5.41, 5.74) is 6.45. The second-order valence-corrected chi connectivity index (χ2v) is 6.72. The van der Waals surface area contributed by atoms with Crippen LogP contribution in [0.4, 0.5) is 5.69 Å². The van der Waals surface area contributed by atoms with Gasteiger partial charge in [-0.05, 0) is 24.6 Å². The number of carbonyl (C=O) groups is 1. The van der Waals surface area contributed by atoms with Crippen LogP contribution in [0.15, 0.2) is 17.0 Å². The predicted molar refractivity (Wildman–Crippen MR) is 77.1 cm³/mol. The van der Waals surface area contributed by atoms with Gasteiger partial charge in [0.15, 0.2) is 0 Å². The van der Waals surface area contributed by atoms with E-state index < -0.39 is 16.0 Å². The molecule has 0 bridgehead atoms. The van der Waals surface area contributed by atoms with E-state index in [1.807, 2.05) is 0 Å². The summed E-state index contributed by atoms with van der Waals surface area (Å²) in [4.78, 5) is 11.1. The molecule has 1 aromatic rings. The maximum atomic E-state index is 12.3. The number of methoxy groups -OCH3 is 1. The third-order valence-electron chi connectivity index (χ3n) is 2.82. The van der Waals surface area contributed by atoms with Crippen LogP contribution in [0.1, 0.15) is 12.0 Å². The normalized spacial score (nSPS) is 11.7. The molecule has 0 radical (unpaired) electrons. The molecule has 0 fully saturated rings. The molecule has 0 aliphatic rings. The topological polar surface area (TPSA) is 89.7 Å². The van der Waals surface area contributed by atoms with E-state index in [9.17, 15) is 13.2 Å². The lowest BCUT2D eigenvalue weighted by molar-refractivity contribution is -0.140. The molecule has 0 saturated heterocycles. The number of sulfonamides is 1. The molecule has 0 atom stereocenters. The lowest BCUT2D eigenvalue weighted by atomic mass is 10.2. The standard InChI is InChI=1S/C12H17ClN2O4S/c1-8-6-9(7-10(14)12(8)13)20(17,18)15(2)5-4-11(16)19-3/h6-7H,4-5,14H2,1-3H3. The highest BCUT2D eigenvalue weighted by Crippen LogP contribution is 2.28. The molecular weight excluding hydrogens is 304 g/mol. The lowest BCUT2D eigenvalue weighted by Crippen LogP contribution is -2.29. The number of nitrogens with zero attached hydrogens (tertiary/aromatic N) is 1. The second-order valence-electron chi connectivity index (χ2n) is 4.30. The first-order chi connectivity index (χ1) is 9.20. The van der Waals surface area contributed by atoms with E-state index in [0.29, 0.717) is 10.6 Å². The van der Waals surface area contributed by atoms with Gasteiger partial charge >= 0.3 is 5.97 Å². The third-order valence-corrected chi connectivity index (χ3v) is 5.17. The fourth-order valence-electron chi connectivity index (χ4n) is 1.56. The number of rotatable bonds is 5. The van der Waals surface area contributed by atoms with Crippen molar-refractivity contribution in [3.05, 3.63) is 22.7 Å². The summed E-state index contributed by atoms with van der Waals surface area (Å²) in [6.45, 7) is 1.70. The highest BCUT2D eigenvalue weighted by atomic mass is 35.5. The summed E-state index contributed by atoms with van der Waals surface area (Å²) >= 11 is 5.91. The van der Waals surface area contributed by atoms with Crippen LogP contribution < -0.4 is 5.73 Å². The molecule has 112 valence electrons. The van der Waals surface area contributed by atoms with Crippen molar-refractivity contribution in [3.8, 4) is 0 Å². The Balaban J connectivity index is 3.01. The number of ether oxygens (including phenoxy) is 1. The summed E-state index contributed by atoms with van der Waals surface area (Å²) in [6.07, 6.45) is -0.0196. The zero-order chi connectivity index (χ0) is 15.5. The van der Waals surface area contributed by atoms with Crippen LogP contribution >= 0.6 is 11.6 Å². The van der Waals surface area contributed by atoms with E-state index in [-0.39, 0.29) is 23.5 Å². The zero-order valence-electron chi connectivity index (χ0n) is 11.5. The highest BCUT2D eigenvalue weighted by molar-refractivity contribution is 7.89. The van der Waals surface area contributed by atoms with Crippen molar-refractivity contribution in [2.45, 2.75) is 18.2 Å². The van der Waals surface area contributed by atoms with Gasteiger partial charge in [0, 0.05) is 13.6 Å². The molecule has 0 aliphatic carbocycles. The summed E-state index contributed by atoms with van der Waals surface area (Å²) in [5.74, 6) is -0.473. The SMILES string of the molecule is COC(=O)CCN(C)S(=O)(=O)c1cc(C)c(Cl)c(N)c1. The average molecular weight is 321 g/mol. The molecule has 0 unspecified atom stereocenters. The number of hydrogen-bond acceptors (Lipinski definition) is 5. The molecule has 2 N–H and O–H groups in total. The van der Waals surface area contributed by atoms with E-state index in [1.165, 1.54) is 26.3 Å². The Morgan fingerprint density at radius 1 is 1.45 bits per heavy atom. The molecule has 0 heterocycles. The first-order valence-electron chi connectivity index (χ1n) is 5.79. The predicted octanol–water partition coefficient (Wildman–Crippen LogP) is 1.41. The summed E-state index contributed by atoms with van der Waals surface area (Å²) in [6, 6.07) is 2.75. The Bertz CT molecular complexity index is 593. The van der Waals surface area contributed by atoms with Gasteiger partial charge in [-0.15, -0.1) is 0 Å². The van der Waals surface area contributed by atoms with Crippen LogP contribution in [0.2, 0.25) is 5.02 Å². The van der Waals surface area contributed by atoms with Crippen molar-refractivity contribution in [1.29, 1.82) is 0 Å². The molecule has 0 amide bonds. The number of aryl methyl sites for hydroxylation is 1. The van der Waals surface area contributed by atoms with Crippen molar-refractivity contribution in [2.24, 2.45) is 0 Å². The minimum Gasteiger partial charge on any atom is -0.469 e. The van der Waals surface area contributed by atoms with Crippen molar-refractivity contribution < 1.29 is 17.9 Å². The monoisotopic (exact) mass is 320 g/mol. The Hall–Kier alpha value is -1.31. The van der Waals surface area contributed by atoms with Gasteiger partial charge in [-0.3, -0.25) is 4.79 Å². The maximum absolute atomic E-state index is 12.3. The van der Waals surface area contributed by atoms with E-state index >= 15 is 0 Å². The van der Waals surface area contributed by atoms with Crippen LogP contribution in [-0.4, -0.2) is 39.4 Å². The van der Waals surface area contributed by atoms with Crippen LogP contribution in [0.5, 0.6) is 0 Å². The molecule has 20 heavy (non-hydrogen) atoms. The molecule has 8 heteroatoms. The number of benzene rings is 1. The van der Waals surface area contributed by atoms with Gasteiger partial charge < -0.3 is 10.5 Å². The summed E-state index contributed by atoms with van der Waals surface area (Å²) < 4.78 is 30.2. The molecule has 6 nitrogen and oxygen atoms in total. The van der Waals surface area contributed by atoms with Crippen LogP contribution in [-0.2, 0) is 19.6 Å². The van der Waals surface area contributed by atoms with E-state index in [4.69, 9.17) is 17.3 Å². The number of nitrogens with two attached hydrogens (primary N) is 1. The van der Waals surface area contributed by atoms with Gasteiger partial charge in [-0.1, -0.05) is 11.6 Å². The van der Waals surface area contributed by atoms with Crippen molar-refractivity contribution >= 4 is 33.3 Å². The molecular formula is C12H17ClN2O4S. The Morgan fingerprint density at radius 2 is 2.05 bits per heavy atom.